The molecule has 0 aromatic heterocycles. The Bertz CT molecular complexity index is 2200. The van der Waals surface area contributed by atoms with E-state index in [-0.39, 0.29) is 108 Å². The molecule has 4 saturated heterocycles. The van der Waals surface area contributed by atoms with E-state index in [1.54, 1.807) is 45.0 Å². The largest absolute Gasteiger partial charge is 0.687 e. The monoisotopic (exact) mass is 1480 g/mol. The van der Waals surface area contributed by atoms with E-state index in [9.17, 15) is 9.90 Å². The molecular weight excluding hydrogens is 1330 g/mol. The Morgan fingerprint density at radius 1 is 0.466 bits per heavy atom. The van der Waals surface area contributed by atoms with Crippen LogP contribution in [-0.4, -0.2) is 276 Å². The van der Waals surface area contributed by atoms with Gasteiger partial charge in [0.1, 0.15) is 5.56 Å². The highest BCUT2D eigenvalue weighted by atomic mass is 16.8. The third-order valence-electron chi connectivity index (χ3n) is 17.4. The van der Waals surface area contributed by atoms with Crippen LogP contribution in [0.5, 0.6) is 5.75 Å². The van der Waals surface area contributed by atoms with Crippen molar-refractivity contribution in [2.45, 2.75) is 239 Å². The molecule has 0 bridgehead atoms. The Morgan fingerprint density at radius 2 is 0.835 bits per heavy atom. The highest BCUT2D eigenvalue weighted by Crippen LogP contribution is 2.37. The van der Waals surface area contributed by atoms with Crippen LogP contribution in [0.25, 0.3) is 0 Å². The summed E-state index contributed by atoms with van der Waals surface area (Å²) in [5.74, 6) is 2.73. The number of nitrogens with two attached hydrogens (primary N) is 1. The molecule has 0 aliphatic carbocycles. The lowest BCUT2D eigenvalue weighted by Gasteiger charge is -2.52. The molecule has 7 N–H and O–H groups in total. The second-order valence-electron chi connectivity index (χ2n) is 30.6. The van der Waals surface area contributed by atoms with E-state index in [0.717, 1.165) is 67.5 Å². The smallest absolute Gasteiger partial charge is 0.614 e. The number of carbonyl (C=O) groups is 1. The van der Waals surface area contributed by atoms with Crippen molar-refractivity contribution in [3.05, 3.63) is 29.8 Å². The number of benzene rings is 1. The van der Waals surface area contributed by atoms with Crippen LogP contribution in [0.2, 0.25) is 0 Å². The van der Waals surface area contributed by atoms with Gasteiger partial charge in [-0.3, -0.25) is 0 Å². The molecular formula is C71H146B5N3O24. The molecule has 0 saturated carbocycles. The molecule has 6 rings (SSSR count). The van der Waals surface area contributed by atoms with Gasteiger partial charge >= 0.3 is 41.2 Å². The molecule has 32 heteroatoms. The lowest BCUT2D eigenvalue weighted by Crippen LogP contribution is -3.07. The molecule has 27 nitrogen and oxygen atoms in total. The van der Waals surface area contributed by atoms with E-state index >= 15 is 0 Å². The first-order valence-electron chi connectivity index (χ1n) is 39.2. The molecule has 1 aromatic rings. The zero-order chi connectivity index (χ0) is 77.1. The zero-order valence-corrected chi connectivity index (χ0v) is 67.6. The number of rotatable bonds is 47. The van der Waals surface area contributed by atoms with Crippen molar-refractivity contribution < 1.29 is 128 Å². The van der Waals surface area contributed by atoms with Gasteiger partial charge in [-0.15, -0.1) is 0 Å². The topological polar surface area (TPSA) is 301 Å². The highest BCUT2D eigenvalue weighted by molar-refractivity contribution is 6.55. The quantitative estimate of drug-likeness (QED) is 0.0344. The van der Waals surface area contributed by atoms with Gasteiger partial charge in [0.15, 0.2) is 0 Å². The van der Waals surface area contributed by atoms with Crippen LogP contribution in [0, 0.1) is 29.6 Å². The minimum Gasteiger partial charge on any atom is -0.614 e. The fraction of sp³-hybridized carbons (Fsp3) is 0.901. The van der Waals surface area contributed by atoms with E-state index < -0.39 is 41.4 Å². The number of hydrogen-bond donors (Lipinski definition) is 6. The molecule has 103 heavy (non-hydrogen) atoms. The highest BCUT2D eigenvalue weighted by Gasteiger charge is 2.61. The molecule has 2 spiro atoms. The van der Waals surface area contributed by atoms with Crippen LogP contribution in [-0.2, 0) is 79.4 Å². The number of ether oxygens (including phenoxy) is 3. The van der Waals surface area contributed by atoms with Crippen LogP contribution in [0.4, 0.5) is 0 Å². The number of primary amides is 1. The summed E-state index contributed by atoms with van der Waals surface area (Å²) in [4.78, 5) is 11.9. The van der Waals surface area contributed by atoms with Crippen molar-refractivity contribution in [3.63, 3.8) is 0 Å². The van der Waals surface area contributed by atoms with E-state index in [2.05, 4.69) is 96.9 Å². The van der Waals surface area contributed by atoms with Gasteiger partial charge in [0.2, 0.25) is 0 Å². The van der Waals surface area contributed by atoms with Crippen molar-refractivity contribution in [3.8, 4) is 5.75 Å². The standard InChI is InChI=1S/C18H40BNO3.C18H39BO9.C13H28BNO4.C12H27BO3.C10H12BNO5/c1-7-9-11-20(12-10-8-2)13-14-21-19(20,22-15-17(3)4)23-16-18(5)6;1-13(7-20)26-16(4)10-23-19(24-11-17(5)27-14(2)8-21)25-12-18(6)28-15(3)9-22;1-3-5-7-15(8-6-4-2)9-10-17-14(15)18-12-13(11-16)19-14;1-10(2)7-14-13(15-8-11(3)4)16-9-12(5)6;13-5-7-6-15-11(16-7)12-10(14)8-3-1-2-4-9(8)17-11/h17-18H,7-16H2,1-6H3;13-18,20-22H,7-12H2,1-6H3;13,16H,3-12H2,1-2H3;10-12H,7-9H2,1-6H3;1-4,7,13H,5-6,12H2. The van der Waals surface area contributed by atoms with Gasteiger partial charge in [0, 0.05) is 72.4 Å². The van der Waals surface area contributed by atoms with E-state index in [4.69, 9.17) is 104 Å². The summed E-state index contributed by atoms with van der Waals surface area (Å²) >= 11 is 0. The summed E-state index contributed by atoms with van der Waals surface area (Å²) in [7, 11) is -1.46. The average Bonchev–Trinajstić information content (AvgIpc) is 1.61. The predicted molar refractivity (Wildman–Crippen MR) is 402 cm³/mol. The second kappa shape index (κ2) is 53.0. The third-order valence-corrected chi connectivity index (χ3v) is 17.4. The Morgan fingerprint density at radius 3 is 1.21 bits per heavy atom. The molecule has 10 unspecified atom stereocenters. The number of quaternary nitrogens is 3. The summed E-state index contributed by atoms with van der Waals surface area (Å²) in [5, 5.41) is 46.8. The van der Waals surface area contributed by atoms with Crippen LogP contribution in [0.1, 0.15) is 200 Å². The molecule has 5 aliphatic rings. The first kappa shape index (κ1) is 97.1. The van der Waals surface area contributed by atoms with E-state index in [0.29, 0.717) is 87.2 Å². The number of aliphatic hydroxyl groups excluding tert-OH is 5. The average molecular weight is 1480 g/mol. The van der Waals surface area contributed by atoms with Crippen LogP contribution >= 0.6 is 0 Å². The molecule has 1 aromatic carbocycles. The molecule has 10 atom stereocenters. The molecule has 604 valence electrons. The number of fused-ring (bicyclic) bond motifs is 1. The van der Waals surface area contributed by atoms with Gasteiger partial charge in [-0.25, -0.2) is 4.79 Å². The summed E-state index contributed by atoms with van der Waals surface area (Å²) < 4.78 is 105. The fourth-order valence-electron chi connectivity index (χ4n) is 12.0. The molecule has 5 aliphatic heterocycles. The first-order chi connectivity index (χ1) is 49.0. The third kappa shape index (κ3) is 36.2. The minimum atomic E-state index is -2.18. The lowest BCUT2D eigenvalue weighted by atomic mass is 9.86. The minimum absolute atomic E-state index is 0.00835. The Kier molecular flexibility index (Phi) is 50.0. The number of nitrogens with zero attached hydrogens (tertiary/aromatic N) is 2. The predicted octanol–water partition coefficient (Wildman–Crippen LogP) is 7.49. The first-order valence-corrected chi connectivity index (χ1v) is 39.2. The van der Waals surface area contributed by atoms with Crippen molar-refractivity contribution in [1.82, 2.24) is 0 Å². The van der Waals surface area contributed by atoms with Crippen molar-refractivity contribution in [2.24, 2.45) is 29.6 Å². The number of carbonyl (C=O) groups excluding carboxylic acids is 1. The molecule has 4 fully saturated rings. The van der Waals surface area contributed by atoms with Crippen LogP contribution in [0.15, 0.2) is 24.3 Å². The number of amides is 1. The summed E-state index contributed by atoms with van der Waals surface area (Å²) in [6.07, 6.45) is 7.14. The van der Waals surface area contributed by atoms with Crippen molar-refractivity contribution in [1.29, 1.82) is 0 Å². The maximum absolute atomic E-state index is 11.9. The Labute approximate surface area is 622 Å². The van der Waals surface area contributed by atoms with Gasteiger partial charge in [-0.2, -0.15) is 0 Å². The SMILES string of the molecule is CC(C)COB(OCC(C)C)OCC(C)C.CC(CO)OC(C)COB(OCC(C)OC(C)CO)OCC(C)OC(C)CO.CCCC[N+]1(CCCC)CCO[B-]1(OCC(C)C)OCC(C)C.CCCC[N+]1(CCCC)CCO[B-]12OCC(CO)O2.O=C1[NH2+][B-]2(OCC(CO)O2)Oc2ccccc21. The number of aliphatic hydroxyl groups is 5. The van der Waals surface area contributed by atoms with Gasteiger partial charge in [-0.05, 0) is 109 Å². The van der Waals surface area contributed by atoms with Gasteiger partial charge in [0.25, 0.3) is 0 Å². The molecule has 0 radical (unpaired) electrons. The number of unbranched alkanes of at least 4 members (excludes halogenated alkanes) is 4. The maximum Gasteiger partial charge on any atom is 0.687 e. The summed E-state index contributed by atoms with van der Waals surface area (Å²) in [6, 6.07) is 6.93. The lowest BCUT2D eigenvalue weighted by molar-refractivity contribution is -0.845. The van der Waals surface area contributed by atoms with Gasteiger partial charge in [0.05, 0.1) is 134 Å². The Hall–Kier alpha value is -1.99. The normalized spacial score (nSPS) is 22.6. The number of hydrogen-bond acceptors (Lipinski definition) is 24. The fourth-order valence-corrected chi connectivity index (χ4v) is 12.0. The van der Waals surface area contributed by atoms with Crippen LogP contribution < -0.4 is 9.88 Å². The van der Waals surface area contributed by atoms with E-state index in [1.165, 1.54) is 43.8 Å². The van der Waals surface area contributed by atoms with Crippen molar-refractivity contribution in [2.75, 3.05) is 152 Å². The zero-order valence-electron chi connectivity index (χ0n) is 67.6. The number of para-hydroxylation sites is 1. The van der Waals surface area contributed by atoms with Gasteiger partial charge in [-0.1, -0.05) is 135 Å². The molecule has 1 amide bonds. The second-order valence-corrected chi connectivity index (χ2v) is 30.6. The summed E-state index contributed by atoms with van der Waals surface area (Å²) in [5.41, 5.74) is 0.500. The summed E-state index contributed by atoms with van der Waals surface area (Å²) in [6.45, 7) is 47.7. The van der Waals surface area contributed by atoms with Crippen molar-refractivity contribution >= 4 is 41.2 Å². The van der Waals surface area contributed by atoms with E-state index in [1.807, 2.05) is 20.8 Å². The van der Waals surface area contributed by atoms with Crippen LogP contribution in [0.3, 0.4) is 0 Å². The Balaban J connectivity index is 0.000000443. The van der Waals surface area contributed by atoms with Gasteiger partial charge < -0.3 is 124 Å². The maximum atomic E-state index is 11.9. The molecule has 5 heterocycles.